The van der Waals surface area contributed by atoms with Crippen molar-refractivity contribution in [2.24, 2.45) is 0 Å². The lowest BCUT2D eigenvalue weighted by atomic mass is 9.94. The highest BCUT2D eigenvalue weighted by Gasteiger charge is 2.21. The van der Waals surface area contributed by atoms with Crippen molar-refractivity contribution in [1.82, 2.24) is 5.32 Å². The van der Waals surface area contributed by atoms with Crippen LogP contribution in [0.4, 0.5) is 0 Å². The molecule has 1 N–H and O–H groups in total. The number of allylic oxidation sites excluding steroid dienone is 1. The van der Waals surface area contributed by atoms with Crippen LogP contribution in [0.3, 0.4) is 0 Å². The molecule has 0 saturated heterocycles. The first-order valence-electron chi connectivity index (χ1n) is 5.81. The SMILES string of the molecule is CC(C)=CCNC1CCCc2sc(Br)cc21. The van der Waals surface area contributed by atoms with Gasteiger partial charge in [0.1, 0.15) is 0 Å². The fraction of sp³-hybridized carbons (Fsp3) is 0.538. The highest BCUT2D eigenvalue weighted by molar-refractivity contribution is 9.11. The molecule has 0 saturated carbocycles. The summed E-state index contributed by atoms with van der Waals surface area (Å²) in [5.41, 5.74) is 2.90. The van der Waals surface area contributed by atoms with Crippen molar-refractivity contribution in [3.05, 3.63) is 31.9 Å². The average molecular weight is 300 g/mol. The van der Waals surface area contributed by atoms with Gasteiger partial charge >= 0.3 is 0 Å². The van der Waals surface area contributed by atoms with E-state index < -0.39 is 0 Å². The number of aryl methyl sites for hydroxylation is 1. The van der Waals surface area contributed by atoms with Crippen molar-refractivity contribution in [2.75, 3.05) is 6.54 Å². The van der Waals surface area contributed by atoms with Gasteiger partial charge in [0.05, 0.1) is 3.79 Å². The first kappa shape index (κ1) is 12.3. The summed E-state index contributed by atoms with van der Waals surface area (Å²) in [4.78, 5) is 1.56. The number of rotatable bonds is 3. The van der Waals surface area contributed by atoms with E-state index in [1.807, 2.05) is 11.3 Å². The van der Waals surface area contributed by atoms with Gasteiger partial charge in [-0.25, -0.2) is 0 Å². The summed E-state index contributed by atoms with van der Waals surface area (Å²) in [7, 11) is 0. The maximum Gasteiger partial charge on any atom is 0.0704 e. The van der Waals surface area contributed by atoms with E-state index in [4.69, 9.17) is 0 Å². The largest absolute Gasteiger partial charge is 0.306 e. The van der Waals surface area contributed by atoms with Gasteiger partial charge < -0.3 is 5.32 Å². The van der Waals surface area contributed by atoms with Crippen molar-refractivity contribution in [2.45, 2.75) is 39.2 Å². The molecular formula is C13H18BrNS. The maximum absolute atomic E-state index is 3.63. The second-order valence-corrected chi connectivity index (χ2v) is 7.08. The van der Waals surface area contributed by atoms with Crippen LogP contribution in [0.25, 0.3) is 0 Å². The lowest BCUT2D eigenvalue weighted by Gasteiger charge is -2.23. The van der Waals surface area contributed by atoms with Crippen molar-refractivity contribution in [1.29, 1.82) is 0 Å². The number of halogens is 1. The Hall–Kier alpha value is -0.120. The zero-order valence-corrected chi connectivity index (χ0v) is 12.2. The highest BCUT2D eigenvalue weighted by Crippen LogP contribution is 2.37. The van der Waals surface area contributed by atoms with Gasteiger partial charge in [0.15, 0.2) is 0 Å². The summed E-state index contributed by atoms with van der Waals surface area (Å²) in [5, 5.41) is 3.63. The van der Waals surface area contributed by atoms with Gasteiger partial charge in [-0.05, 0) is 60.7 Å². The van der Waals surface area contributed by atoms with Gasteiger partial charge in [0.25, 0.3) is 0 Å². The molecule has 3 heteroatoms. The summed E-state index contributed by atoms with van der Waals surface area (Å²) >= 11 is 5.49. The highest BCUT2D eigenvalue weighted by atomic mass is 79.9. The molecule has 16 heavy (non-hydrogen) atoms. The lowest BCUT2D eigenvalue weighted by Crippen LogP contribution is -2.24. The summed E-state index contributed by atoms with van der Waals surface area (Å²) in [6, 6.07) is 2.85. The minimum atomic E-state index is 0.557. The fourth-order valence-electron chi connectivity index (χ4n) is 2.14. The van der Waals surface area contributed by atoms with Crippen molar-refractivity contribution in [3.63, 3.8) is 0 Å². The summed E-state index contributed by atoms with van der Waals surface area (Å²) in [6.07, 6.45) is 6.10. The van der Waals surface area contributed by atoms with E-state index in [-0.39, 0.29) is 0 Å². The van der Waals surface area contributed by atoms with Crippen molar-refractivity contribution >= 4 is 27.3 Å². The van der Waals surface area contributed by atoms with E-state index >= 15 is 0 Å². The van der Waals surface area contributed by atoms with E-state index in [1.54, 1.807) is 4.88 Å². The number of thiophene rings is 1. The smallest absolute Gasteiger partial charge is 0.0704 e. The van der Waals surface area contributed by atoms with Crippen LogP contribution >= 0.6 is 27.3 Å². The van der Waals surface area contributed by atoms with E-state index in [1.165, 1.54) is 34.2 Å². The van der Waals surface area contributed by atoms with Crippen LogP contribution in [0.5, 0.6) is 0 Å². The van der Waals surface area contributed by atoms with Gasteiger partial charge in [-0.2, -0.15) is 0 Å². The lowest BCUT2D eigenvalue weighted by molar-refractivity contribution is 0.484. The molecule has 1 unspecified atom stereocenters. The topological polar surface area (TPSA) is 12.0 Å². The number of hydrogen-bond donors (Lipinski definition) is 1. The van der Waals surface area contributed by atoms with E-state index in [0.29, 0.717) is 6.04 Å². The Labute approximate surface area is 110 Å². The third kappa shape index (κ3) is 2.96. The molecule has 1 aliphatic carbocycles. The summed E-state index contributed by atoms with van der Waals surface area (Å²) < 4.78 is 1.27. The molecule has 1 atom stereocenters. The number of fused-ring (bicyclic) bond motifs is 1. The van der Waals surface area contributed by atoms with Crippen LogP contribution in [-0.2, 0) is 6.42 Å². The van der Waals surface area contributed by atoms with Crippen molar-refractivity contribution < 1.29 is 0 Å². The zero-order chi connectivity index (χ0) is 11.5. The Morgan fingerprint density at radius 1 is 1.62 bits per heavy atom. The predicted molar refractivity (Wildman–Crippen MR) is 75.1 cm³/mol. The van der Waals surface area contributed by atoms with Gasteiger partial charge in [-0.15, -0.1) is 11.3 Å². The Bertz CT molecular complexity index is 391. The monoisotopic (exact) mass is 299 g/mol. The van der Waals surface area contributed by atoms with E-state index in [2.05, 4.69) is 47.2 Å². The predicted octanol–water partition coefficient (Wildman–Crippen LogP) is 4.44. The number of nitrogens with one attached hydrogen (secondary N) is 1. The molecule has 1 heterocycles. The van der Waals surface area contributed by atoms with Gasteiger partial charge in [-0.1, -0.05) is 11.6 Å². The first-order chi connectivity index (χ1) is 7.66. The maximum atomic E-state index is 3.63. The molecule has 0 bridgehead atoms. The third-order valence-electron chi connectivity index (χ3n) is 2.96. The second-order valence-electron chi connectivity index (χ2n) is 4.56. The van der Waals surface area contributed by atoms with E-state index in [0.717, 1.165) is 6.54 Å². The molecule has 2 rings (SSSR count). The molecule has 1 aromatic heterocycles. The zero-order valence-electron chi connectivity index (χ0n) is 9.85. The average Bonchev–Trinajstić information content (AvgIpc) is 2.58. The minimum Gasteiger partial charge on any atom is -0.306 e. The van der Waals surface area contributed by atoms with Crippen LogP contribution in [0, 0.1) is 0 Å². The molecule has 1 aromatic rings. The standard InChI is InChI=1S/C13H18BrNS/c1-9(2)6-7-15-11-4-3-5-12-10(11)8-13(14)16-12/h6,8,11,15H,3-5,7H2,1-2H3. The molecule has 0 radical (unpaired) electrons. The molecular weight excluding hydrogens is 282 g/mol. The first-order valence-corrected chi connectivity index (χ1v) is 7.42. The fourth-order valence-corrected chi connectivity index (χ4v) is 3.96. The third-order valence-corrected chi connectivity index (χ3v) is 4.67. The normalized spacial score (nSPS) is 19.3. The van der Waals surface area contributed by atoms with Crippen molar-refractivity contribution in [3.8, 4) is 0 Å². The Morgan fingerprint density at radius 3 is 3.19 bits per heavy atom. The molecule has 0 aliphatic heterocycles. The molecule has 0 fully saturated rings. The molecule has 0 spiro atoms. The molecule has 88 valence electrons. The summed E-state index contributed by atoms with van der Waals surface area (Å²) in [5.74, 6) is 0. The van der Waals surface area contributed by atoms with Crippen LogP contribution in [-0.4, -0.2) is 6.54 Å². The van der Waals surface area contributed by atoms with Gasteiger partial charge in [-0.3, -0.25) is 0 Å². The van der Waals surface area contributed by atoms with E-state index in [9.17, 15) is 0 Å². The van der Waals surface area contributed by atoms with Gasteiger partial charge in [0.2, 0.25) is 0 Å². The Kier molecular flexibility index (Phi) is 4.22. The summed E-state index contributed by atoms with van der Waals surface area (Å²) in [6.45, 7) is 5.28. The van der Waals surface area contributed by atoms with Crippen LogP contribution in [0.2, 0.25) is 0 Å². The molecule has 1 aliphatic rings. The number of hydrogen-bond acceptors (Lipinski definition) is 2. The molecule has 1 nitrogen and oxygen atoms in total. The van der Waals surface area contributed by atoms with Crippen LogP contribution in [0.1, 0.15) is 43.2 Å². The Morgan fingerprint density at radius 2 is 2.44 bits per heavy atom. The molecule has 0 amide bonds. The minimum absolute atomic E-state index is 0.557. The van der Waals surface area contributed by atoms with Crippen LogP contribution in [0.15, 0.2) is 21.5 Å². The Balaban J connectivity index is 2.04. The molecule has 0 aromatic carbocycles. The van der Waals surface area contributed by atoms with Crippen LogP contribution < -0.4 is 5.32 Å². The quantitative estimate of drug-likeness (QED) is 0.814. The van der Waals surface area contributed by atoms with Gasteiger partial charge in [0, 0.05) is 17.5 Å². The second kappa shape index (κ2) is 5.48.